The molecule has 4 unspecified atom stereocenters. The zero-order valence-electron chi connectivity index (χ0n) is 29.6. The van der Waals surface area contributed by atoms with Crippen molar-refractivity contribution in [2.75, 3.05) is 70.4 Å². The van der Waals surface area contributed by atoms with Crippen molar-refractivity contribution in [2.45, 2.75) is 67.0 Å². The van der Waals surface area contributed by atoms with Gasteiger partial charge in [-0.15, -0.1) is 0 Å². The van der Waals surface area contributed by atoms with Gasteiger partial charge in [0.25, 0.3) is 9.84 Å². The minimum absolute atomic E-state index is 0.0249. The summed E-state index contributed by atoms with van der Waals surface area (Å²) in [6, 6.07) is 19.4. The Morgan fingerprint density at radius 3 is 2.42 bits per heavy atom. The predicted octanol–water partition coefficient (Wildman–Crippen LogP) is 2.33. The molecule has 4 fully saturated rings. The molecule has 52 heavy (non-hydrogen) atoms. The summed E-state index contributed by atoms with van der Waals surface area (Å²) < 4.78 is 36.1. The molecular weight excluding hydrogens is 687 g/mol. The first kappa shape index (κ1) is 36.2. The van der Waals surface area contributed by atoms with Crippen LogP contribution in [0.4, 0.5) is 5.69 Å². The van der Waals surface area contributed by atoms with Crippen molar-refractivity contribution >= 4 is 27.3 Å². The second kappa shape index (κ2) is 16.2. The second-order valence-electron chi connectivity index (χ2n) is 14.4. The summed E-state index contributed by atoms with van der Waals surface area (Å²) in [6.07, 6.45) is 7.21. The van der Waals surface area contributed by atoms with Crippen LogP contribution in [0.5, 0.6) is 5.88 Å². The Hall–Kier alpha value is -4.21. The van der Waals surface area contributed by atoms with Crippen LogP contribution in [0.15, 0.2) is 75.2 Å². The van der Waals surface area contributed by atoms with E-state index in [-0.39, 0.29) is 34.8 Å². The fourth-order valence-electron chi connectivity index (χ4n) is 8.86. The Labute approximate surface area is 305 Å². The molecule has 0 spiro atoms. The molecule has 7 rings (SSSR count). The number of carbonyl (C=O) groups is 2. The molecule has 2 amide bonds. The molecule has 2 aromatic carbocycles. The first-order valence-electron chi connectivity index (χ1n) is 18.6. The number of piperazine rings is 1. The van der Waals surface area contributed by atoms with Crippen LogP contribution in [0.2, 0.25) is 0 Å². The minimum Gasteiger partial charge on any atom is -0.453 e. The Balaban J connectivity index is 0.837. The third kappa shape index (κ3) is 7.91. The molecule has 5 heterocycles. The summed E-state index contributed by atoms with van der Waals surface area (Å²) in [5.41, 5.74) is 1.28. The number of rotatable bonds is 13. The van der Waals surface area contributed by atoms with E-state index in [0.29, 0.717) is 63.1 Å². The summed E-state index contributed by atoms with van der Waals surface area (Å²) in [5, 5.41) is 17.8. The number of ether oxygens (including phenoxy) is 1. The third-order valence-corrected chi connectivity index (χ3v) is 13.1. The van der Waals surface area contributed by atoms with Crippen LogP contribution in [-0.2, 0) is 19.4 Å². The largest absolute Gasteiger partial charge is 0.453 e. The molecule has 4 saturated heterocycles. The van der Waals surface area contributed by atoms with E-state index in [1.165, 1.54) is 56.6 Å². The van der Waals surface area contributed by atoms with Gasteiger partial charge < -0.3 is 25.1 Å². The van der Waals surface area contributed by atoms with Crippen molar-refractivity contribution in [2.24, 2.45) is 11.8 Å². The van der Waals surface area contributed by atoms with E-state index in [9.17, 15) is 23.2 Å². The summed E-state index contributed by atoms with van der Waals surface area (Å²) in [6.45, 7) is 6.13. The monoisotopic (exact) mass is 735 g/mol. The van der Waals surface area contributed by atoms with E-state index in [0.717, 1.165) is 19.4 Å². The van der Waals surface area contributed by atoms with E-state index < -0.39 is 20.7 Å². The standard InChI is InChI=1S/C37H49N7O7S/c45-33(17-7-16-32-31-15-9-19-42-18-8-10-28(35(31)42)27-43(32)29-11-3-1-4-12-29)38-26-34(46)41-22-20-40(21-23-41)24-25-50-36-37(44(47)51-39-36)52(48,49)30-13-5-2-6-14-30/h1-6,11-14,28,31-32,35H,7-10,15-27H2,(H,38,45). The quantitative estimate of drug-likeness (QED) is 0.257. The number of nitrogens with zero attached hydrogens (tertiary/aromatic N) is 6. The normalized spacial score (nSPS) is 23.9. The average Bonchev–Trinajstić information content (AvgIpc) is 3.56. The van der Waals surface area contributed by atoms with Gasteiger partial charge in [-0.3, -0.25) is 24.0 Å². The van der Waals surface area contributed by atoms with E-state index in [2.05, 4.69) is 60.1 Å². The number of sulfone groups is 1. The van der Waals surface area contributed by atoms with Crippen LogP contribution in [0.25, 0.3) is 0 Å². The molecular formula is C37H49N7O7S. The lowest BCUT2D eigenvalue weighted by Gasteiger charge is -2.58. The first-order valence-corrected chi connectivity index (χ1v) is 20.1. The van der Waals surface area contributed by atoms with Crippen molar-refractivity contribution < 1.29 is 32.3 Å². The van der Waals surface area contributed by atoms with Crippen LogP contribution < -0.4 is 19.9 Å². The Morgan fingerprint density at radius 2 is 1.67 bits per heavy atom. The minimum atomic E-state index is -4.19. The van der Waals surface area contributed by atoms with Crippen LogP contribution in [-0.4, -0.2) is 118 Å². The van der Waals surface area contributed by atoms with E-state index in [1.807, 2.05) is 0 Å². The molecule has 4 aliphatic rings. The lowest BCUT2D eigenvalue weighted by molar-refractivity contribution is -0.832. The highest BCUT2D eigenvalue weighted by molar-refractivity contribution is 7.91. The molecule has 0 aliphatic carbocycles. The fourth-order valence-corrected chi connectivity index (χ4v) is 10.2. The zero-order valence-corrected chi connectivity index (χ0v) is 30.4. The smallest absolute Gasteiger partial charge is 0.415 e. The molecule has 1 N–H and O–H groups in total. The summed E-state index contributed by atoms with van der Waals surface area (Å²) in [4.78, 5) is 34.9. The van der Waals surface area contributed by atoms with E-state index in [4.69, 9.17) is 4.74 Å². The van der Waals surface area contributed by atoms with Gasteiger partial charge in [0.2, 0.25) is 11.8 Å². The molecule has 0 saturated carbocycles. The number of hydrogen-bond acceptors (Lipinski definition) is 11. The van der Waals surface area contributed by atoms with Gasteiger partial charge >= 0.3 is 10.9 Å². The zero-order chi connectivity index (χ0) is 36.1. The average molecular weight is 736 g/mol. The molecule has 4 atom stereocenters. The Kier molecular flexibility index (Phi) is 11.3. The number of carbonyl (C=O) groups excluding carboxylic acids is 2. The van der Waals surface area contributed by atoms with Gasteiger partial charge in [0, 0.05) is 63.5 Å². The van der Waals surface area contributed by atoms with Crippen molar-refractivity contribution in [3.05, 3.63) is 65.9 Å². The number of hydrogen-bond donors (Lipinski definition) is 1. The highest BCUT2D eigenvalue weighted by Gasteiger charge is 2.48. The summed E-state index contributed by atoms with van der Waals surface area (Å²) in [7, 11) is -4.19. The lowest BCUT2D eigenvalue weighted by atomic mass is 9.69. The number of aromatic nitrogens is 2. The van der Waals surface area contributed by atoms with E-state index >= 15 is 0 Å². The van der Waals surface area contributed by atoms with Crippen LogP contribution in [0.1, 0.15) is 44.9 Å². The SMILES string of the molecule is O=C(CCCC1C2CCCN3CCCC(CN1c1ccccc1)C23)NCC(=O)N1CCN(CCOc2no[n+]([O-])c2S(=O)(=O)c2ccccc2)CC1. The summed E-state index contributed by atoms with van der Waals surface area (Å²) >= 11 is 0. The van der Waals surface area contributed by atoms with Crippen LogP contribution >= 0.6 is 0 Å². The number of nitrogens with one attached hydrogen (secondary N) is 1. The van der Waals surface area contributed by atoms with Gasteiger partial charge in [0.05, 0.1) is 16.6 Å². The second-order valence-corrected chi connectivity index (χ2v) is 16.3. The molecule has 15 heteroatoms. The van der Waals surface area contributed by atoms with Crippen LogP contribution in [0.3, 0.4) is 0 Å². The maximum absolute atomic E-state index is 13.0. The number of anilines is 1. The van der Waals surface area contributed by atoms with Gasteiger partial charge in [0.15, 0.2) is 0 Å². The van der Waals surface area contributed by atoms with Gasteiger partial charge in [0.1, 0.15) is 6.61 Å². The van der Waals surface area contributed by atoms with Crippen molar-refractivity contribution in [1.29, 1.82) is 0 Å². The highest BCUT2D eigenvalue weighted by atomic mass is 32.2. The molecule has 280 valence electrons. The number of para-hydroxylation sites is 1. The number of piperidine rings is 3. The Morgan fingerprint density at radius 1 is 0.962 bits per heavy atom. The van der Waals surface area contributed by atoms with Gasteiger partial charge in [-0.1, -0.05) is 36.4 Å². The molecule has 3 aromatic rings. The summed E-state index contributed by atoms with van der Waals surface area (Å²) in [5.74, 6) is 0.715. The van der Waals surface area contributed by atoms with Crippen LogP contribution in [0, 0.1) is 17.0 Å². The highest BCUT2D eigenvalue weighted by Crippen LogP contribution is 2.44. The topological polar surface area (TPSA) is 155 Å². The van der Waals surface area contributed by atoms with Gasteiger partial charge in [-0.05, 0) is 92.6 Å². The van der Waals surface area contributed by atoms with Crippen molar-refractivity contribution in [3.63, 3.8) is 0 Å². The number of amides is 2. The molecule has 1 aromatic heterocycles. The molecule has 4 aliphatic heterocycles. The molecule has 0 radical (unpaired) electrons. The maximum atomic E-state index is 13.0. The number of benzene rings is 2. The fraction of sp³-hybridized carbons (Fsp3) is 0.568. The van der Waals surface area contributed by atoms with Gasteiger partial charge in [-0.2, -0.15) is 0 Å². The van der Waals surface area contributed by atoms with Gasteiger partial charge in [-0.25, -0.2) is 8.42 Å². The Bertz CT molecular complexity index is 1770. The van der Waals surface area contributed by atoms with E-state index in [1.54, 1.807) is 23.1 Å². The van der Waals surface area contributed by atoms with Crippen molar-refractivity contribution in [3.8, 4) is 5.88 Å². The lowest BCUT2D eigenvalue weighted by Crippen LogP contribution is -2.65. The predicted molar refractivity (Wildman–Crippen MR) is 191 cm³/mol. The molecule has 0 bridgehead atoms. The first-order chi connectivity index (χ1) is 25.3. The maximum Gasteiger partial charge on any atom is 0.415 e. The molecule has 14 nitrogen and oxygen atoms in total. The third-order valence-electron chi connectivity index (χ3n) is 11.3. The van der Waals surface area contributed by atoms with Crippen molar-refractivity contribution in [1.82, 2.24) is 25.2 Å².